The van der Waals surface area contributed by atoms with Gasteiger partial charge in [0.2, 0.25) is 0 Å². The van der Waals surface area contributed by atoms with Gasteiger partial charge in [0, 0.05) is 14.0 Å². The van der Waals surface area contributed by atoms with Crippen LogP contribution in [0.1, 0.15) is 24.1 Å². The summed E-state index contributed by atoms with van der Waals surface area (Å²) < 4.78 is 28.6. The minimum atomic E-state index is -0.950. The first kappa shape index (κ1) is 16.9. The van der Waals surface area contributed by atoms with Crippen LogP contribution < -0.4 is 5.32 Å². The van der Waals surface area contributed by atoms with Crippen molar-refractivity contribution in [3.05, 3.63) is 67.1 Å². The standard InChI is InChI=1S/C15H12Br2ClF2N/c1-2-21-15(8-3-9(16)5-10(17)4-8)11-6-13(19)14(20)7-12(11)18/h3-7,15,21H,2H2,1H3. The Balaban J connectivity index is 2.55. The van der Waals surface area contributed by atoms with E-state index in [9.17, 15) is 8.78 Å². The van der Waals surface area contributed by atoms with Crippen LogP contribution in [-0.4, -0.2) is 6.54 Å². The quantitative estimate of drug-likeness (QED) is 0.590. The van der Waals surface area contributed by atoms with Gasteiger partial charge < -0.3 is 5.32 Å². The molecule has 1 unspecified atom stereocenters. The van der Waals surface area contributed by atoms with Crippen LogP contribution in [0.2, 0.25) is 5.02 Å². The van der Waals surface area contributed by atoms with Crippen molar-refractivity contribution in [2.24, 2.45) is 0 Å². The number of nitrogens with one attached hydrogen (secondary N) is 1. The van der Waals surface area contributed by atoms with Crippen LogP contribution in [0.5, 0.6) is 0 Å². The highest BCUT2D eigenvalue weighted by molar-refractivity contribution is 9.11. The molecule has 1 nitrogen and oxygen atoms in total. The van der Waals surface area contributed by atoms with Gasteiger partial charge >= 0.3 is 0 Å². The van der Waals surface area contributed by atoms with Gasteiger partial charge in [-0.05, 0) is 48.0 Å². The molecule has 1 N–H and O–H groups in total. The summed E-state index contributed by atoms with van der Waals surface area (Å²) in [6.45, 7) is 2.60. The van der Waals surface area contributed by atoms with Crippen molar-refractivity contribution >= 4 is 43.5 Å². The number of rotatable bonds is 4. The maximum absolute atomic E-state index is 13.6. The van der Waals surface area contributed by atoms with E-state index >= 15 is 0 Å². The van der Waals surface area contributed by atoms with E-state index in [0.717, 1.165) is 26.6 Å². The van der Waals surface area contributed by atoms with Crippen molar-refractivity contribution in [3.8, 4) is 0 Å². The van der Waals surface area contributed by atoms with Crippen molar-refractivity contribution < 1.29 is 8.78 Å². The number of benzene rings is 2. The average molecular weight is 440 g/mol. The molecule has 0 spiro atoms. The monoisotopic (exact) mass is 437 g/mol. The first-order valence-corrected chi connectivity index (χ1v) is 8.22. The highest BCUT2D eigenvalue weighted by atomic mass is 79.9. The molecule has 0 fully saturated rings. The van der Waals surface area contributed by atoms with Crippen LogP contribution in [-0.2, 0) is 0 Å². The Morgan fingerprint density at radius 2 is 1.62 bits per heavy atom. The Bertz CT molecular complexity index is 644. The molecule has 2 aromatic carbocycles. The molecule has 0 aromatic heterocycles. The normalized spacial score (nSPS) is 12.5. The summed E-state index contributed by atoms with van der Waals surface area (Å²) in [6, 6.07) is 7.54. The molecule has 112 valence electrons. The van der Waals surface area contributed by atoms with Crippen molar-refractivity contribution in [1.82, 2.24) is 5.32 Å². The summed E-state index contributed by atoms with van der Waals surface area (Å²) in [5.41, 5.74) is 1.40. The summed E-state index contributed by atoms with van der Waals surface area (Å²) in [5, 5.41) is 3.43. The van der Waals surface area contributed by atoms with Gasteiger partial charge in [-0.25, -0.2) is 8.78 Å². The van der Waals surface area contributed by atoms with E-state index in [2.05, 4.69) is 37.2 Å². The zero-order valence-corrected chi connectivity index (χ0v) is 15.0. The molecule has 2 rings (SSSR count). The molecule has 0 heterocycles. The third-order valence-electron chi connectivity index (χ3n) is 2.98. The Morgan fingerprint density at radius 1 is 1.05 bits per heavy atom. The Labute approximate surface area is 144 Å². The lowest BCUT2D eigenvalue weighted by Crippen LogP contribution is -2.22. The average Bonchev–Trinajstić information content (AvgIpc) is 2.39. The molecule has 2 aromatic rings. The molecular formula is C15H12Br2ClF2N. The van der Waals surface area contributed by atoms with E-state index in [0.29, 0.717) is 12.1 Å². The summed E-state index contributed by atoms with van der Waals surface area (Å²) in [4.78, 5) is 0. The van der Waals surface area contributed by atoms with Gasteiger partial charge in [0.25, 0.3) is 0 Å². The first-order chi connectivity index (χ1) is 9.92. The largest absolute Gasteiger partial charge is 0.306 e. The zero-order chi connectivity index (χ0) is 15.6. The predicted molar refractivity (Wildman–Crippen MR) is 88.7 cm³/mol. The fraction of sp³-hybridized carbons (Fsp3) is 0.200. The molecule has 0 saturated carbocycles. The van der Waals surface area contributed by atoms with Crippen molar-refractivity contribution in [2.45, 2.75) is 13.0 Å². The summed E-state index contributed by atoms with van der Waals surface area (Å²) in [6.07, 6.45) is 0. The molecule has 0 aliphatic carbocycles. The van der Waals surface area contributed by atoms with Gasteiger partial charge in [-0.1, -0.05) is 50.4 Å². The lowest BCUT2D eigenvalue weighted by atomic mass is 9.98. The maximum atomic E-state index is 13.6. The van der Waals surface area contributed by atoms with Crippen LogP contribution in [0.15, 0.2) is 39.3 Å². The molecular weight excluding hydrogens is 427 g/mol. The number of hydrogen-bond donors (Lipinski definition) is 1. The summed E-state index contributed by atoms with van der Waals surface area (Å²) >= 11 is 12.9. The van der Waals surface area contributed by atoms with Crippen molar-refractivity contribution in [1.29, 1.82) is 0 Å². The highest BCUT2D eigenvalue weighted by Gasteiger charge is 2.19. The van der Waals surface area contributed by atoms with E-state index in [1.807, 2.05) is 25.1 Å². The first-order valence-electron chi connectivity index (χ1n) is 6.26. The Kier molecular flexibility index (Phi) is 5.77. The second kappa shape index (κ2) is 7.18. The number of hydrogen-bond acceptors (Lipinski definition) is 1. The smallest absolute Gasteiger partial charge is 0.160 e. The van der Waals surface area contributed by atoms with E-state index in [-0.39, 0.29) is 11.1 Å². The van der Waals surface area contributed by atoms with Gasteiger partial charge in [-0.2, -0.15) is 0 Å². The fourth-order valence-electron chi connectivity index (χ4n) is 2.11. The molecule has 0 aliphatic heterocycles. The summed E-state index contributed by atoms with van der Waals surface area (Å²) in [7, 11) is 0. The van der Waals surface area contributed by atoms with Crippen LogP contribution in [0.4, 0.5) is 8.78 Å². The molecule has 6 heteroatoms. The van der Waals surface area contributed by atoms with Crippen molar-refractivity contribution in [3.63, 3.8) is 0 Å². The van der Waals surface area contributed by atoms with E-state index < -0.39 is 11.6 Å². The Hall–Kier alpha value is -0.490. The van der Waals surface area contributed by atoms with Crippen molar-refractivity contribution in [2.75, 3.05) is 6.54 Å². The van der Waals surface area contributed by atoms with Crippen LogP contribution in [0.25, 0.3) is 0 Å². The molecule has 0 radical (unpaired) electrons. The van der Waals surface area contributed by atoms with E-state index in [1.165, 1.54) is 0 Å². The third kappa shape index (κ3) is 4.03. The van der Waals surface area contributed by atoms with Gasteiger partial charge in [0.05, 0.1) is 6.04 Å². The van der Waals surface area contributed by atoms with Crippen LogP contribution in [0.3, 0.4) is 0 Å². The molecule has 1 atom stereocenters. The minimum Gasteiger partial charge on any atom is -0.306 e. The maximum Gasteiger partial charge on any atom is 0.160 e. The van der Waals surface area contributed by atoms with Gasteiger partial charge in [-0.15, -0.1) is 0 Å². The molecule has 0 bridgehead atoms. The van der Waals surface area contributed by atoms with Gasteiger partial charge in [0.15, 0.2) is 11.6 Å². The molecule has 0 aliphatic rings. The minimum absolute atomic E-state index is 0.191. The Morgan fingerprint density at radius 3 is 2.19 bits per heavy atom. The molecule has 0 saturated heterocycles. The van der Waals surface area contributed by atoms with E-state index in [1.54, 1.807) is 0 Å². The topological polar surface area (TPSA) is 12.0 Å². The molecule has 0 amide bonds. The SMILES string of the molecule is CCNC(c1cc(Br)cc(Br)c1)c1cc(F)c(F)cc1Cl. The highest BCUT2D eigenvalue weighted by Crippen LogP contribution is 2.33. The second-order valence-corrected chi connectivity index (χ2v) is 6.72. The molecule has 21 heavy (non-hydrogen) atoms. The summed E-state index contributed by atoms with van der Waals surface area (Å²) in [5.74, 6) is -1.86. The van der Waals surface area contributed by atoms with Gasteiger partial charge in [0.1, 0.15) is 0 Å². The lowest BCUT2D eigenvalue weighted by molar-refractivity contribution is 0.504. The lowest BCUT2D eigenvalue weighted by Gasteiger charge is -2.21. The number of halogens is 5. The fourth-order valence-corrected chi connectivity index (χ4v) is 3.70. The van der Waals surface area contributed by atoms with Crippen LogP contribution in [0, 0.1) is 11.6 Å². The van der Waals surface area contributed by atoms with E-state index in [4.69, 9.17) is 11.6 Å². The van der Waals surface area contributed by atoms with Gasteiger partial charge in [-0.3, -0.25) is 0 Å². The predicted octanol–water partition coefficient (Wildman–Crippen LogP) is 5.84. The zero-order valence-electron chi connectivity index (χ0n) is 11.1. The second-order valence-electron chi connectivity index (χ2n) is 4.48. The van der Waals surface area contributed by atoms with Crippen LogP contribution >= 0.6 is 43.5 Å². The third-order valence-corrected chi connectivity index (χ3v) is 4.22.